The van der Waals surface area contributed by atoms with Gasteiger partial charge in [-0.3, -0.25) is 0 Å². The second kappa shape index (κ2) is 6.42. The van der Waals surface area contributed by atoms with Crippen LogP contribution in [-0.4, -0.2) is 12.6 Å². The Morgan fingerprint density at radius 1 is 0.810 bits per heavy atom. The Balaban J connectivity index is 2.06. The first-order valence-corrected chi connectivity index (χ1v) is 7.95. The average Bonchev–Trinajstić information content (AvgIpc) is 2.85. The number of nitrogens with one attached hydrogen (secondary N) is 1. The van der Waals surface area contributed by atoms with E-state index in [2.05, 4.69) is 66.0 Å². The van der Waals surface area contributed by atoms with Gasteiger partial charge in [-0.05, 0) is 30.5 Å². The Morgan fingerprint density at radius 2 is 1.38 bits per heavy atom. The lowest BCUT2D eigenvalue weighted by molar-refractivity contribution is 0.343. The second-order valence-corrected chi connectivity index (χ2v) is 5.96. The molecule has 3 N–H and O–H groups in total. The van der Waals surface area contributed by atoms with Gasteiger partial charge in [-0.1, -0.05) is 73.5 Å². The van der Waals surface area contributed by atoms with E-state index in [1.165, 1.54) is 30.4 Å². The van der Waals surface area contributed by atoms with Crippen LogP contribution in [0.1, 0.15) is 36.8 Å². The number of rotatable bonds is 3. The largest absolute Gasteiger partial charge is 0.316 e. The average molecular weight is 280 g/mol. The molecule has 0 aromatic heterocycles. The highest BCUT2D eigenvalue weighted by molar-refractivity contribution is 5.40. The van der Waals surface area contributed by atoms with Crippen molar-refractivity contribution < 1.29 is 0 Å². The number of benzene rings is 2. The lowest BCUT2D eigenvalue weighted by Crippen LogP contribution is -2.55. The highest BCUT2D eigenvalue weighted by Crippen LogP contribution is 2.33. The van der Waals surface area contributed by atoms with Crippen LogP contribution in [0.25, 0.3) is 0 Å². The van der Waals surface area contributed by atoms with Gasteiger partial charge in [0.1, 0.15) is 0 Å². The molecule has 1 fully saturated rings. The highest BCUT2D eigenvalue weighted by atomic mass is 15.0. The summed E-state index contributed by atoms with van der Waals surface area (Å²) in [6, 6.07) is 21.3. The predicted molar refractivity (Wildman–Crippen MR) is 88.1 cm³/mol. The fourth-order valence-electron chi connectivity index (χ4n) is 3.41. The molecule has 1 aliphatic rings. The van der Waals surface area contributed by atoms with Crippen molar-refractivity contribution in [2.24, 2.45) is 5.73 Å². The minimum atomic E-state index is -0.465. The fourth-order valence-corrected chi connectivity index (χ4v) is 3.41. The van der Waals surface area contributed by atoms with E-state index in [0.717, 1.165) is 13.0 Å². The van der Waals surface area contributed by atoms with Crippen molar-refractivity contribution in [2.75, 3.05) is 6.54 Å². The minimum absolute atomic E-state index is 0.282. The van der Waals surface area contributed by atoms with Crippen LogP contribution >= 0.6 is 0 Å². The molecular weight excluding hydrogens is 256 g/mol. The first kappa shape index (κ1) is 14.3. The van der Waals surface area contributed by atoms with E-state index in [-0.39, 0.29) is 6.04 Å². The number of hydrogen-bond acceptors (Lipinski definition) is 2. The van der Waals surface area contributed by atoms with Crippen molar-refractivity contribution in [3.63, 3.8) is 0 Å². The standard InChI is InChI=1S/C19H24N2/c20-19(16-10-4-1-5-11-16,17-12-6-2-7-13-17)18-14-8-3-9-15-21-18/h1-2,4-7,10-13,18,21H,3,8-9,14-15,20H2. The molecule has 0 spiro atoms. The molecule has 21 heavy (non-hydrogen) atoms. The van der Waals surface area contributed by atoms with Gasteiger partial charge in [-0.2, -0.15) is 0 Å². The van der Waals surface area contributed by atoms with Gasteiger partial charge in [0, 0.05) is 6.04 Å². The zero-order chi connectivity index (χ0) is 14.5. The van der Waals surface area contributed by atoms with Gasteiger partial charge in [0.2, 0.25) is 0 Å². The van der Waals surface area contributed by atoms with Gasteiger partial charge < -0.3 is 11.1 Å². The molecule has 2 aromatic carbocycles. The summed E-state index contributed by atoms with van der Waals surface area (Å²) in [6.07, 6.45) is 4.91. The molecule has 2 aromatic rings. The van der Waals surface area contributed by atoms with E-state index in [4.69, 9.17) is 5.73 Å². The molecule has 2 heteroatoms. The molecule has 0 saturated carbocycles. The zero-order valence-electron chi connectivity index (χ0n) is 12.5. The van der Waals surface area contributed by atoms with Crippen molar-refractivity contribution in [2.45, 2.75) is 37.3 Å². The van der Waals surface area contributed by atoms with E-state index in [9.17, 15) is 0 Å². The van der Waals surface area contributed by atoms with E-state index in [1.54, 1.807) is 0 Å². The third-order valence-electron chi connectivity index (χ3n) is 4.61. The van der Waals surface area contributed by atoms with E-state index >= 15 is 0 Å². The van der Waals surface area contributed by atoms with Crippen molar-refractivity contribution in [1.29, 1.82) is 0 Å². The molecule has 0 aliphatic carbocycles. The van der Waals surface area contributed by atoms with Crippen molar-refractivity contribution in [3.05, 3.63) is 71.8 Å². The molecule has 1 unspecified atom stereocenters. The van der Waals surface area contributed by atoms with Crippen LogP contribution in [0.3, 0.4) is 0 Å². The first-order valence-electron chi connectivity index (χ1n) is 7.95. The molecule has 0 radical (unpaired) electrons. The van der Waals surface area contributed by atoms with Gasteiger partial charge in [-0.15, -0.1) is 0 Å². The molecule has 2 nitrogen and oxygen atoms in total. The monoisotopic (exact) mass is 280 g/mol. The van der Waals surface area contributed by atoms with Gasteiger partial charge >= 0.3 is 0 Å². The Labute approximate surface area is 127 Å². The summed E-state index contributed by atoms with van der Waals surface area (Å²) in [5.74, 6) is 0. The molecule has 0 bridgehead atoms. The lowest BCUT2D eigenvalue weighted by atomic mass is 9.76. The highest BCUT2D eigenvalue weighted by Gasteiger charge is 2.38. The van der Waals surface area contributed by atoms with E-state index < -0.39 is 5.54 Å². The predicted octanol–water partition coefficient (Wildman–Crippen LogP) is 3.42. The molecule has 1 aliphatic heterocycles. The molecular formula is C19H24N2. The summed E-state index contributed by atoms with van der Waals surface area (Å²) in [7, 11) is 0. The Kier molecular flexibility index (Phi) is 4.37. The zero-order valence-corrected chi connectivity index (χ0v) is 12.5. The maximum absolute atomic E-state index is 7.02. The van der Waals surface area contributed by atoms with Gasteiger partial charge in [0.25, 0.3) is 0 Å². The van der Waals surface area contributed by atoms with Crippen LogP contribution in [0.5, 0.6) is 0 Å². The summed E-state index contributed by atoms with van der Waals surface area (Å²) in [5, 5.41) is 3.69. The fraction of sp³-hybridized carbons (Fsp3) is 0.368. The Hall–Kier alpha value is -1.64. The summed E-state index contributed by atoms with van der Waals surface area (Å²) in [5.41, 5.74) is 8.94. The van der Waals surface area contributed by atoms with E-state index in [1.807, 2.05) is 0 Å². The lowest BCUT2D eigenvalue weighted by Gasteiger charge is -2.39. The quantitative estimate of drug-likeness (QED) is 0.904. The topological polar surface area (TPSA) is 38.0 Å². The summed E-state index contributed by atoms with van der Waals surface area (Å²) < 4.78 is 0. The molecule has 1 saturated heterocycles. The summed E-state index contributed by atoms with van der Waals surface area (Å²) >= 11 is 0. The molecule has 1 atom stereocenters. The van der Waals surface area contributed by atoms with Crippen LogP contribution in [0, 0.1) is 0 Å². The smallest absolute Gasteiger partial charge is 0.0821 e. The molecule has 110 valence electrons. The third kappa shape index (κ3) is 2.87. The van der Waals surface area contributed by atoms with Crippen LogP contribution in [0.4, 0.5) is 0 Å². The first-order chi connectivity index (χ1) is 10.3. The molecule has 3 rings (SSSR count). The maximum atomic E-state index is 7.02. The Bertz CT molecular complexity index is 503. The SMILES string of the molecule is NC(c1ccccc1)(c1ccccc1)C1CCCCCN1. The van der Waals surface area contributed by atoms with Crippen LogP contribution in [0.15, 0.2) is 60.7 Å². The van der Waals surface area contributed by atoms with E-state index in [0.29, 0.717) is 0 Å². The van der Waals surface area contributed by atoms with Crippen LogP contribution < -0.4 is 11.1 Å². The third-order valence-corrected chi connectivity index (χ3v) is 4.61. The molecule has 1 heterocycles. The van der Waals surface area contributed by atoms with Gasteiger partial charge in [0.15, 0.2) is 0 Å². The molecule has 0 amide bonds. The summed E-state index contributed by atoms with van der Waals surface area (Å²) in [6.45, 7) is 1.06. The number of nitrogens with two attached hydrogens (primary N) is 1. The van der Waals surface area contributed by atoms with Gasteiger partial charge in [-0.25, -0.2) is 0 Å². The minimum Gasteiger partial charge on any atom is -0.316 e. The van der Waals surface area contributed by atoms with Crippen LogP contribution in [0.2, 0.25) is 0 Å². The normalized spacial score (nSPS) is 20.0. The van der Waals surface area contributed by atoms with Crippen molar-refractivity contribution in [3.8, 4) is 0 Å². The van der Waals surface area contributed by atoms with Crippen molar-refractivity contribution >= 4 is 0 Å². The Morgan fingerprint density at radius 3 is 1.95 bits per heavy atom. The second-order valence-electron chi connectivity index (χ2n) is 5.96. The van der Waals surface area contributed by atoms with Gasteiger partial charge in [0.05, 0.1) is 5.54 Å². The van der Waals surface area contributed by atoms with Crippen LogP contribution in [-0.2, 0) is 5.54 Å². The number of hydrogen-bond donors (Lipinski definition) is 2. The maximum Gasteiger partial charge on any atom is 0.0821 e. The van der Waals surface area contributed by atoms with Crippen molar-refractivity contribution in [1.82, 2.24) is 5.32 Å². The summed E-state index contributed by atoms with van der Waals surface area (Å²) in [4.78, 5) is 0.